The number of ether oxygens (including phenoxy) is 3. The first-order chi connectivity index (χ1) is 20.0. The van der Waals surface area contributed by atoms with Crippen LogP contribution in [0.3, 0.4) is 0 Å². The predicted molar refractivity (Wildman–Crippen MR) is 158 cm³/mol. The van der Waals surface area contributed by atoms with Crippen LogP contribution in [0.25, 0.3) is 16.8 Å². The molecule has 0 radical (unpaired) electrons. The third kappa shape index (κ3) is 5.27. The van der Waals surface area contributed by atoms with Gasteiger partial charge in [-0.15, -0.1) is 0 Å². The van der Waals surface area contributed by atoms with Crippen molar-refractivity contribution in [2.24, 2.45) is 0 Å². The minimum atomic E-state index is -0.267. The van der Waals surface area contributed by atoms with E-state index in [1.165, 1.54) is 5.56 Å². The molecule has 0 bridgehead atoms. The van der Waals surface area contributed by atoms with Crippen molar-refractivity contribution >= 4 is 28.4 Å². The summed E-state index contributed by atoms with van der Waals surface area (Å²) < 4.78 is 20.6. The van der Waals surface area contributed by atoms with E-state index in [1.54, 1.807) is 6.20 Å². The molecule has 212 valence electrons. The monoisotopic (exact) mass is 572 g/mol. The molecule has 5 heterocycles. The van der Waals surface area contributed by atoms with E-state index in [0.717, 1.165) is 86.1 Å². The van der Waals surface area contributed by atoms with Gasteiger partial charge in [-0.25, -0.2) is 4.98 Å². The maximum atomic E-state index is 9.97. The Labute approximate surface area is 244 Å². The number of likely N-dealkylation sites (tertiary alicyclic amines) is 1. The van der Waals surface area contributed by atoms with Gasteiger partial charge in [-0.05, 0) is 74.7 Å². The Balaban J connectivity index is 1.07. The highest BCUT2D eigenvalue weighted by atomic mass is 35.5. The van der Waals surface area contributed by atoms with Gasteiger partial charge in [-0.3, -0.25) is 9.88 Å². The molecule has 8 nitrogen and oxygen atoms in total. The van der Waals surface area contributed by atoms with Crippen LogP contribution in [0, 0.1) is 0 Å². The number of fused-ring (bicyclic) bond motifs is 2. The molecule has 2 atom stereocenters. The minimum Gasteiger partial charge on any atom is -0.508 e. The van der Waals surface area contributed by atoms with Gasteiger partial charge in [0.05, 0.1) is 40.9 Å². The number of benzene rings is 2. The average molecular weight is 573 g/mol. The van der Waals surface area contributed by atoms with Crippen LogP contribution in [0.5, 0.6) is 11.5 Å². The molecule has 9 heteroatoms. The van der Waals surface area contributed by atoms with Gasteiger partial charge in [0.1, 0.15) is 18.2 Å². The number of para-hydroxylation sites is 1. The average Bonchev–Trinajstić information content (AvgIpc) is 3.31. The molecule has 2 saturated heterocycles. The molecule has 0 aliphatic carbocycles. The lowest BCUT2D eigenvalue weighted by Crippen LogP contribution is -2.35. The number of imidazole rings is 1. The lowest BCUT2D eigenvalue weighted by atomic mass is 9.88. The molecule has 0 unspecified atom stereocenters. The van der Waals surface area contributed by atoms with Gasteiger partial charge < -0.3 is 23.9 Å². The third-order valence-corrected chi connectivity index (χ3v) is 8.70. The first-order valence-corrected chi connectivity index (χ1v) is 14.6. The van der Waals surface area contributed by atoms with Crippen LogP contribution in [0.2, 0.25) is 5.02 Å². The number of aliphatic hydroxyl groups excluding tert-OH is 1. The van der Waals surface area contributed by atoms with Crippen molar-refractivity contribution in [3.63, 3.8) is 0 Å². The lowest BCUT2D eigenvalue weighted by molar-refractivity contribution is -0.0592. The van der Waals surface area contributed by atoms with Gasteiger partial charge in [-0.2, -0.15) is 0 Å². The first kappa shape index (κ1) is 26.3. The fourth-order valence-electron chi connectivity index (χ4n) is 6.07. The first-order valence-electron chi connectivity index (χ1n) is 14.3. The van der Waals surface area contributed by atoms with Gasteiger partial charge in [0.2, 0.25) is 0 Å². The van der Waals surface area contributed by atoms with E-state index in [9.17, 15) is 5.11 Å². The van der Waals surface area contributed by atoms with Gasteiger partial charge in [-0.1, -0.05) is 30.3 Å². The normalized spacial score (nSPS) is 21.1. The summed E-state index contributed by atoms with van der Waals surface area (Å²) in [5.74, 6) is 3.11. The molecular formula is C32H33ClN4O4. The van der Waals surface area contributed by atoms with Crippen molar-refractivity contribution in [2.45, 2.75) is 50.5 Å². The standard InChI is InChI=1S/C32H33ClN4O4/c1-20(38)22-5-7-26-28(15-22)37(17-24-11-14-39-24)31(35-26)18-36-12-9-21(10-13-36)25-3-2-4-29-32(25)41-30(19-40-29)27-8-6-23(33)16-34-27/h2-8,15-16,21,24,30,38H,1,9-14,17-19H2/t24-,30+/m0/s1. The van der Waals surface area contributed by atoms with Crippen LogP contribution in [0.4, 0.5) is 0 Å². The van der Waals surface area contributed by atoms with Gasteiger partial charge in [0.15, 0.2) is 17.6 Å². The van der Waals surface area contributed by atoms with E-state index in [2.05, 4.69) is 33.2 Å². The molecule has 1 N–H and O–H groups in total. The SMILES string of the molecule is C=C(O)c1ccc2nc(CN3CCC(c4cccc5c4O[C@@H](c4ccc(Cl)cn4)CO5)CC3)n(C[C@@H]3CCO3)c2c1. The van der Waals surface area contributed by atoms with Crippen molar-refractivity contribution in [1.29, 1.82) is 0 Å². The Kier molecular flexibility index (Phi) is 7.06. The van der Waals surface area contributed by atoms with Gasteiger partial charge in [0, 0.05) is 23.9 Å². The van der Waals surface area contributed by atoms with Crippen LogP contribution < -0.4 is 9.47 Å². The zero-order valence-electron chi connectivity index (χ0n) is 22.8. The van der Waals surface area contributed by atoms with Crippen molar-refractivity contribution in [3.05, 3.63) is 89.0 Å². The second-order valence-electron chi connectivity index (χ2n) is 11.1. The summed E-state index contributed by atoms with van der Waals surface area (Å²) >= 11 is 6.04. The number of hydrogen-bond acceptors (Lipinski definition) is 7. The molecule has 7 rings (SSSR count). The zero-order chi connectivity index (χ0) is 27.9. The number of piperidine rings is 1. The zero-order valence-corrected chi connectivity index (χ0v) is 23.6. The summed E-state index contributed by atoms with van der Waals surface area (Å²) in [6.45, 7) is 8.38. The van der Waals surface area contributed by atoms with Crippen molar-refractivity contribution < 1.29 is 19.3 Å². The predicted octanol–water partition coefficient (Wildman–Crippen LogP) is 6.29. The molecular weight excluding hydrogens is 540 g/mol. The van der Waals surface area contributed by atoms with Crippen LogP contribution >= 0.6 is 11.6 Å². The van der Waals surface area contributed by atoms with E-state index in [1.807, 2.05) is 36.4 Å². The maximum Gasteiger partial charge on any atom is 0.174 e. The second-order valence-corrected chi connectivity index (χ2v) is 11.6. The molecule has 41 heavy (non-hydrogen) atoms. The Bertz CT molecular complexity index is 1570. The summed E-state index contributed by atoms with van der Waals surface area (Å²) in [5, 5.41) is 10.6. The van der Waals surface area contributed by atoms with Crippen LogP contribution in [-0.2, 0) is 17.8 Å². The third-order valence-electron chi connectivity index (χ3n) is 8.47. The van der Waals surface area contributed by atoms with Crippen molar-refractivity contribution in [2.75, 3.05) is 26.3 Å². The number of aliphatic hydroxyl groups is 1. The topological polar surface area (TPSA) is 81.9 Å². The molecule has 2 aromatic carbocycles. The second kappa shape index (κ2) is 11.0. The molecule has 2 aromatic heterocycles. The molecule has 0 saturated carbocycles. The highest BCUT2D eigenvalue weighted by Gasteiger charge is 2.31. The highest BCUT2D eigenvalue weighted by molar-refractivity contribution is 6.30. The smallest absolute Gasteiger partial charge is 0.174 e. The Hall–Kier alpha value is -3.59. The molecule has 2 fully saturated rings. The Morgan fingerprint density at radius 1 is 1.10 bits per heavy atom. The number of nitrogens with zero attached hydrogens (tertiary/aromatic N) is 4. The van der Waals surface area contributed by atoms with Crippen LogP contribution in [-0.4, -0.2) is 56.9 Å². The highest BCUT2D eigenvalue weighted by Crippen LogP contribution is 2.44. The number of pyridine rings is 1. The quantitative estimate of drug-likeness (QED) is 0.260. The van der Waals surface area contributed by atoms with E-state index >= 15 is 0 Å². The van der Waals surface area contributed by atoms with Crippen LogP contribution in [0.1, 0.15) is 53.9 Å². The Morgan fingerprint density at radius 2 is 1.95 bits per heavy atom. The number of rotatable bonds is 7. The maximum absolute atomic E-state index is 9.97. The number of hydrogen-bond donors (Lipinski definition) is 1. The molecule has 3 aliphatic heterocycles. The van der Waals surface area contributed by atoms with E-state index < -0.39 is 0 Å². The lowest BCUT2D eigenvalue weighted by Gasteiger charge is -2.35. The minimum absolute atomic E-state index is 0.0661. The fraction of sp³-hybridized carbons (Fsp3) is 0.375. The van der Waals surface area contributed by atoms with Gasteiger partial charge >= 0.3 is 0 Å². The summed E-state index contributed by atoms with van der Waals surface area (Å²) in [5.41, 5.74) is 4.67. The molecule has 4 aromatic rings. The Morgan fingerprint density at radius 3 is 2.68 bits per heavy atom. The molecule has 0 amide bonds. The van der Waals surface area contributed by atoms with Crippen molar-refractivity contribution in [1.82, 2.24) is 19.4 Å². The summed E-state index contributed by atoms with van der Waals surface area (Å²) in [6.07, 6.45) is 4.67. The number of halogens is 1. The van der Waals surface area contributed by atoms with E-state index in [4.69, 9.17) is 30.8 Å². The van der Waals surface area contributed by atoms with E-state index in [-0.39, 0.29) is 18.0 Å². The fourth-order valence-corrected chi connectivity index (χ4v) is 6.18. The van der Waals surface area contributed by atoms with Crippen molar-refractivity contribution in [3.8, 4) is 11.5 Å². The molecule has 0 spiro atoms. The summed E-state index contributed by atoms with van der Waals surface area (Å²) in [6, 6.07) is 15.8. The summed E-state index contributed by atoms with van der Waals surface area (Å²) in [7, 11) is 0. The largest absolute Gasteiger partial charge is 0.508 e. The van der Waals surface area contributed by atoms with Gasteiger partial charge in [0.25, 0.3) is 0 Å². The molecule has 3 aliphatic rings. The summed E-state index contributed by atoms with van der Waals surface area (Å²) in [4.78, 5) is 11.9. The number of aromatic nitrogens is 3. The van der Waals surface area contributed by atoms with E-state index in [0.29, 0.717) is 23.1 Å². The van der Waals surface area contributed by atoms with Crippen LogP contribution in [0.15, 0.2) is 61.3 Å².